The molecule has 3 aromatic carbocycles. The first-order valence-corrected chi connectivity index (χ1v) is 13.9. The molecule has 188 valence electrons. The Kier molecular flexibility index (Phi) is 6.51. The second-order valence-electron chi connectivity index (χ2n) is 11.5. The zero-order valence-electron chi connectivity index (χ0n) is 22.5. The van der Waals surface area contributed by atoms with Crippen molar-refractivity contribution >= 4 is 0 Å². The molecule has 0 amide bonds. The van der Waals surface area contributed by atoms with E-state index in [1.54, 1.807) is 0 Å². The highest BCUT2D eigenvalue weighted by atomic mass is 14.6. The van der Waals surface area contributed by atoms with E-state index in [1.807, 2.05) is 36.4 Å². The van der Waals surface area contributed by atoms with Crippen molar-refractivity contribution < 1.29 is 0 Å². The van der Waals surface area contributed by atoms with Gasteiger partial charge in [-0.2, -0.15) is 0 Å². The molecule has 0 heterocycles. The summed E-state index contributed by atoms with van der Waals surface area (Å²) in [5.41, 5.74) is 7.52. The maximum atomic E-state index is 5.86. The lowest BCUT2D eigenvalue weighted by Gasteiger charge is -2.57. The fourth-order valence-corrected chi connectivity index (χ4v) is 7.80. The van der Waals surface area contributed by atoms with Crippen molar-refractivity contribution in [3.8, 4) is 73.1 Å². The van der Waals surface area contributed by atoms with Crippen molar-refractivity contribution in [3.63, 3.8) is 0 Å². The van der Waals surface area contributed by atoms with Gasteiger partial charge in [0.2, 0.25) is 0 Å². The predicted molar refractivity (Wildman–Crippen MR) is 163 cm³/mol. The zero-order chi connectivity index (χ0) is 27.7. The van der Waals surface area contributed by atoms with Crippen LogP contribution in [-0.4, -0.2) is 0 Å². The monoisotopic (exact) mass is 508 g/mol. The standard InChI is InChI=1S/C40H28/c1-5-31-12-9-14-33(36(31)7-3)18-19-35-16-11-17-39(40-25-28-22-29(26-40)24-30(23-28)27-40)38(35)21-20-34-15-10-13-32(6-2)37(34)8-4/h1-4,9-17,28-30H,22-27H2. The largest absolute Gasteiger partial charge is 0.115 e. The summed E-state index contributed by atoms with van der Waals surface area (Å²) in [6, 6.07) is 17.8. The molecule has 0 heteroatoms. The van der Waals surface area contributed by atoms with Gasteiger partial charge in [0, 0.05) is 33.4 Å². The second kappa shape index (κ2) is 10.3. The van der Waals surface area contributed by atoms with Crippen LogP contribution in [0.25, 0.3) is 0 Å². The summed E-state index contributed by atoms with van der Waals surface area (Å²) in [5, 5.41) is 0. The Balaban J connectivity index is 1.53. The van der Waals surface area contributed by atoms with Crippen LogP contribution < -0.4 is 0 Å². The second-order valence-corrected chi connectivity index (χ2v) is 11.5. The Morgan fingerprint density at radius 2 is 0.875 bits per heavy atom. The number of benzene rings is 3. The van der Waals surface area contributed by atoms with Gasteiger partial charge < -0.3 is 0 Å². The Labute approximate surface area is 239 Å². The number of terminal acetylenes is 4. The normalized spacial score (nSPS) is 23.2. The van der Waals surface area contributed by atoms with Crippen LogP contribution in [0.1, 0.15) is 88.6 Å². The lowest BCUT2D eigenvalue weighted by Crippen LogP contribution is -2.48. The van der Waals surface area contributed by atoms with Gasteiger partial charge in [-0.25, -0.2) is 0 Å². The van der Waals surface area contributed by atoms with Crippen LogP contribution in [0.15, 0.2) is 54.6 Å². The molecule has 4 aliphatic rings. The highest BCUT2D eigenvalue weighted by Crippen LogP contribution is 2.61. The highest BCUT2D eigenvalue weighted by molar-refractivity contribution is 5.65. The molecule has 0 aliphatic heterocycles. The molecule has 4 fully saturated rings. The summed E-state index contributed by atoms with van der Waals surface area (Å²) in [6.07, 6.45) is 30.9. The molecule has 3 aromatic rings. The summed E-state index contributed by atoms with van der Waals surface area (Å²) < 4.78 is 0. The molecule has 4 bridgehead atoms. The summed E-state index contributed by atoms with van der Waals surface area (Å²) in [5.74, 6) is 27.0. The van der Waals surface area contributed by atoms with E-state index in [2.05, 4.69) is 65.6 Å². The van der Waals surface area contributed by atoms with Crippen LogP contribution in [0, 0.1) is 90.8 Å². The van der Waals surface area contributed by atoms with Gasteiger partial charge in [0.15, 0.2) is 0 Å². The van der Waals surface area contributed by atoms with Crippen LogP contribution in [0.2, 0.25) is 0 Å². The van der Waals surface area contributed by atoms with Gasteiger partial charge >= 0.3 is 0 Å². The molecule has 7 rings (SSSR count). The first-order chi connectivity index (χ1) is 19.6. The first-order valence-electron chi connectivity index (χ1n) is 13.9. The molecular weight excluding hydrogens is 480 g/mol. The lowest BCUT2D eigenvalue weighted by atomic mass is 9.47. The third-order valence-electron chi connectivity index (χ3n) is 9.06. The average molecular weight is 509 g/mol. The summed E-state index contributed by atoms with van der Waals surface area (Å²) in [6.45, 7) is 0. The Bertz CT molecular complexity index is 1790. The van der Waals surface area contributed by atoms with Crippen LogP contribution in [0.5, 0.6) is 0 Å². The minimum absolute atomic E-state index is 0.152. The maximum absolute atomic E-state index is 5.86. The van der Waals surface area contributed by atoms with Crippen LogP contribution in [0.4, 0.5) is 0 Å². The fourth-order valence-electron chi connectivity index (χ4n) is 7.80. The molecule has 0 spiro atoms. The predicted octanol–water partition coefficient (Wildman–Crippen LogP) is 6.88. The number of hydrogen-bond acceptors (Lipinski definition) is 0. The SMILES string of the molecule is C#Cc1cccc(C#Cc2cccc(C34CC5CC(CC(C5)C3)C4)c2C#Cc2cccc(C#C)c2C#C)c1C#C. The van der Waals surface area contributed by atoms with Gasteiger partial charge in [-0.3, -0.25) is 0 Å². The minimum Gasteiger partial charge on any atom is -0.115 e. The number of hydrogen-bond donors (Lipinski definition) is 0. The van der Waals surface area contributed by atoms with Gasteiger partial charge in [-0.1, -0.05) is 71.6 Å². The minimum atomic E-state index is 0.152. The molecular formula is C40H28. The van der Waals surface area contributed by atoms with Crippen molar-refractivity contribution in [2.75, 3.05) is 0 Å². The molecule has 4 saturated carbocycles. The molecule has 4 aliphatic carbocycles. The molecule has 0 nitrogen and oxygen atoms in total. The van der Waals surface area contributed by atoms with E-state index in [9.17, 15) is 0 Å². The Morgan fingerprint density at radius 1 is 0.475 bits per heavy atom. The van der Waals surface area contributed by atoms with Gasteiger partial charge in [0.25, 0.3) is 0 Å². The van der Waals surface area contributed by atoms with E-state index in [0.717, 1.165) is 40.0 Å². The third-order valence-corrected chi connectivity index (χ3v) is 9.06. The van der Waals surface area contributed by atoms with Gasteiger partial charge in [0.1, 0.15) is 0 Å². The smallest absolute Gasteiger partial charge is 0.0555 e. The molecule has 0 radical (unpaired) electrons. The van der Waals surface area contributed by atoms with E-state index in [1.165, 1.54) is 44.1 Å². The van der Waals surface area contributed by atoms with Crippen LogP contribution >= 0.6 is 0 Å². The van der Waals surface area contributed by atoms with E-state index in [0.29, 0.717) is 22.3 Å². The van der Waals surface area contributed by atoms with E-state index in [-0.39, 0.29) is 5.41 Å². The Morgan fingerprint density at radius 3 is 1.32 bits per heavy atom. The molecule has 0 saturated heterocycles. The zero-order valence-corrected chi connectivity index (χ0v) is 22.5. The Hall–Kier alpha value is -4.98. The third kappa shape index (κ3) is 4.37. The van der Waals surface area contributed by atoms with E-state index in [4.69, 9.17) is 25.7 Å². The van der Waals surface area contributed by atoms with Gasteiger partial charge in [-0.15, -0.1) is 25.7 Å². The van der Waals surface area contributed by atoms with Crippen molar-refractivity contribution in [2.24, 2.45) is 17.8 Å². The molecule has 40 heavy (non-hydrogen) atoms. The van der Waals surface area contributed by atoms with Gasteiger partial charge in [0.05, 0.1) is 11.1 Å². The summed E-state index contributed by atoms with van der Waals surface area (Å²) in [4.78, 5) is 0. The highest BCUT2D eigenvalue weighted by Gasteiger charge is 2.52. The average Bonchev–Trinajstić information content (AvgIpc) is 2.97. The quantitative estimate of drug-likeness (QED) is 0.315. The van der Waals surface area contributed by atoms with E-state index >= 15 is 0 Å². The number of rotatable bonds is 1. The fraction of sp³-hybridized carbons (Fsp3) is 0.250. The maximum Gasteiger partial charge on any atom is 0.0555 e. The van der Waals surface area contributed by atoms with Crippen molar-refractivity contribution in [1.29, 1.82) is 0 Å². The van der Waals surface area contributed by atoms with E-state index < -0.39 is 0 Å². The lowest BCUT2D eigenvalue weighted by molar-refractivity contribution is -0.00530. The van der Waals surface area contributed by atoms with Crippen molar-refractivity contribution in [1.82, 2.24) is 0 Å². The molecule has 0 N–H and O–H groups in total. The molecule has 0 aromatic heterocycles. The summed E-state index contributed by atoms with van der Waals surface area (Å²) in [7, 11) is 0. The van der Waals surface area contributed by atoms with Gasteiger partial charge in [-0.05, 0) is 97.6 Å². The summed E-state index contributed by atoms with van der Waals surface area (Å²) >= 11 is 0. The van der Waals surface area contributed by atoms with Crippen molar-refractivity contribution in [3.05, 3.63) is 105 Å². The van der Waals surface area contributed by atoms with Crippen molar-refractivity contribution in [2.45, 2.75) is 43.9 Å². The van der Waals surface area contributed by atoms with Crippen LogP contribution in [-0.2, 0) is 5.41 Å². The topological polar surface area (TPSA) is 0 Å². The first kappa shape index (κ1) is 25.3. The van der Waals surface area contributed by atoms with Crippen LogP contribution in [0.3, 0.4) is 0 Å². The molecule has 0 atom stereocenters. The molecule has 0 unspecified atom stereocenters.